The summed E-state index contributed by atoms with van der Waals surface area (Å²) in [7, 11) is 0. The van der Waals surface area contributed by atoms with Crippen LogP contribution in [0.25, 0.3) is 20.9 Å². The van der Waals surface area contributed by atoms with Crippen LogP contribution in [0.5, 0.6) is 11.5 Å². The monoisotopic (exact) mass is 216 g/mol. The topological polar surface area (TPSA) is 40.5 Å². The lowest BCUT2D eigenvalue weighted by Crippen LogP contribution is -1.76. The fourth-order valence-corrected chi connectivity index (χ4v) is 2.78. The zero-order valence-corrected chi connectivity index (χ0v) is 8.58. The minimum atomic E-state index is -0.0310. The van der Waals surface area contributed by atoms with Crippen molar-refractivity contribution in [2.45, 2.75) is 0 Å². The Hall–Kier alpha value is -1.74. The third kappa shape index (κ3) is 1.04. The third-order valence-electron chi connectivity index (χ3n) is 2.57. The molecule has 15 heavy (non-hydrogen) atoms. The summed E-state index contributed by atoms with van der Waals surface area (Å²) in [5, 5.41) is 23.9. The van der Waals surface area contributed by atoms with Gasteiger partial charge in [-0.2, -0.15) is 0 Å². The zero-order valence-electron chi connectivity index (χ0n) is 7.77. The fraction of sp³-hybridized carbons (Fsp3) is 0. The van der Waals surface area contributed by atoms with E-state index in [1.165, 1.54) is 0 Å². The average Bonchev–Trinajstić information content (AvgIpc) is 2.75. The Morgan fingerprint density at radius 1 is 0.800 bits per heavy atom. The van der Waals surface area contributed by atoms with Crippen LogP contribution in [-0.2, 0) is 0 Å². The van der Waals surface area contributed by atoms with Crippen LogP contribution >= 0.6 is 11.3 Å². The van der Waals surface area contributed by atoms with Crippen molar-refractivity contribution in [3.05, 3.63) is 35.7 Å². The number of hydrogen-bond donors (Lipinski definition) is 2. The largest absolute Gasteiger partial charge is 0.504 e. The van der Waals surface area contributed by atoms with E-state index in [1.807, 2.05) is 35.7 Å². The van der Waals surface area contributed by atoms with Crippen LogP contribution in [0.15, 0.2) is 35.7 Å². The molecule has 0 spiro atoms. The van der Waals surface area contributed by atoms with Gasteiger partial charge >= 0.3 is 0 Å². The summed E-state index contributed by atoms with van der Waals surface area (Å²) < 4.78 is 1.01. The lowest BCUT2D eigenvalue weighted by molar-refractivity contribution is 0.412. The summed E-state index contributed by atoms with van der Waals surface area (Å²) in [4.78, 5) is 0. The van der Waals surface area contributed by atoms with Gasteiger partial charge in [0.1, 0.15) is 0 Å². The first-order chi connectivity index (χ1) is 7.29. The second kappa shape index (κ2) is 2.87. The van der Waals surface area contributed by atoms with Crippen LogP contribution in [0.3, 0.4) is 0 Å². The van der Waals surface area contributed by atoms with E-state index in [9.17, 15) is 10.2 Å². The van der Waals surface area contributed by atoms with Crippen LogP contribution in [0.4, 0.5) is 0 Å². The standard InChI is InChI=1S/C12H8O2S/c13-10-7-3-1-2-4-8(7)12-9(11(10)14)5-6-15-12/h1-6,13-14H. The maximum atomic E-state index is 9.83. The lowest BCUT2D eigenvalue weighted by Gasteiger charge is -2.05. The molecule has 3 heteroatoms. The third-order valence-corrected chi connectivity index (χ3v) is 3.52. The van der Waals surface area contributed by atoms with Crippen LogP contribution in [0, 0.1) is 0 Å². The van der Waals surface area contributed by atoms with E-state index in [4.69, 9.17) is 0 Å². The van der Waals surface area contributed by atoms with Gasteiger partial charge in [0, 0.05) is 20.9 Å². The van der Waals surface area contributed by atoms with E-state index in [0.29, 0.717) is 5.39 Å². The summed E-state index contributed by atoms with van der Waals surface area (Å²) in [6.07, 6.45) is 0. The number of fused-ring (bicyclic) bond motifs is 3. The van der Waals surface area contributed by atoms with Crippen LogP contribution in [-0.4, -0.2) is 10.2 Å². The second-order valence-corrected chi connectivity index (χ2v) is 4.32. The molecule has 0 fully saturated rings. The quantitative estimate of drug-likeness (QED) is 0.565. The van der Waals surface area contributed by atoms with Crippen molar-refractivity contribution in [1.82, 2.24) is 0 Å². The number of phenols is 2. The second-order valence-electron chi connectivity index (χ2n) is 3.41. The molecule has 2 N–H and O–H groups in total. The summed E-state index contributed by atoms with van der Waals surface area (Å²) in [5.41, 5.74) is 0. The highest BCUT2D eigenvalue weighted by molar-refractivity contribution is 7.18. The van der Waals surface area contributed by atoms with E-state index in [-0.39, 0.29) is 11.5 Å². The SMILES string of the molecule is Oc1c(O)c2ccsc2c2ccccc12. The molecule has 1 aromatic heterocycles. The van der Waals surface area contributed by atoms with Crippen LogP contribution in [0.1, 0.15) is 0 Å². The molecule has 3 rings (SSSR count). The van der Waals surface area contributed by atoms with Gasteiger partial charge in [-0.25, -0.2) is 0 Å². The predicted octanol–water partition coefficient (Wildman–Crippen LogP) is 3.47. The highest BCUT2D eigenvalue weighted by atomic mass is 32.1. The molecular weight excluding hydrogens is 208 g/mol. The van der Waals surface area contributed by atoms with Crippen molar-refractivity contribution in [2.24, 2.45) is 0 Å². The number of thiophene rings is 1. The summed E-state index contributed by atoms with van der Waals surface area (Å²) in [5.74, 6) is -0.0542. The predicted molar refractivity (Wildman–Crippen MR) is 62.7 cm³/mol. The van der Waals surface area contributed by atoms with Gasteiger partial charge in [0.25, 0.3) is 0 Å². The molecule has 0 radical (unpaired) electrons. The molecule has 0 aliphatic heterocycles. The number of benzene rings is 2. The number of hydrogen-bond acceptors (Lipinski definition) is 3. The normalized spacial score (nSPS) is 11.2. The molecule has 2 aromatic carbocycles. The molecule has 0 saturated heterocycles. The van der Waals surface area contributed by atoms with E-state index in [2.05, 4.69) is 0 Å². The Balaban J connectivity index is 2.70. The van der Waals surface area contributed by atoms with Crippen molar-refractivity contribution in [3.63, 3.8) is 0 Å². The molecule has 0 unspecified atom stereocenters. The molecule has 0 bridgehead atoms. The van der Waals surface area contributed by atoms with Gasteiger partial charge in [-0.15, -0.1) is 11.3 Å². The Morgan fingerprint density at radius 3 is 2.27 bits per heavy atom. The van der Waals surface area contributed by atoms with E-state index in [0.717, 1.165) is 15.5 Å². The maximum absolute atomic E-state index is 9.83. The van der Waals surface area contributed by atoms with Gasteiger partial charge in [0.2, 0.25) is 0 Å². The molecule has 0 aliphatic carbocycles. The Labute approximate surface area is 90.0 Å². The first kappa shape index (κ1) is 8.56. The van der Waals surface area contributed by atoms with Crippen LogP contribution in [0.2, 0.25) is 0 Å². The van der Waals surface area contributed by atoms with Gasteiger partial charge in [-0.05, 0) is 11.4 Å². The Bertz CT molecular complexity index is 655. The van der Waals surface area contributed by atoms with E-state index in [1.54, 1.807) is 11.3 Å². The Morgan fingerprint density at radius 2 is 1.47 bits per heavy atom. The Kier molecular flexibility index (Phi) is 1.64. The number of aromatic hydroxyl groups is 2. The van der Waals surface area contributed by atoms with Crippen molar-refractivity contribution >= 4 is 32.2 Å². The number of phenolic OH excluding ortho intramolecular Hbond substituents is 2. The zero-order chi connectivity index (χ0) is 10.4. The van der Waals surface area contributed by atoms with Gasteiger partial charge in [0.05, 0.1) is 0 Å². The summed E-state index contributed by atoms with van der Waals surface area (Å²) in [6.45, 7) is 0. The molecule has 0 saturated carbocycles. The van der Waals surface area contributed by atoms with Crippen molar-refractivity contribution in [2.75, 3.05) is 0 Å². The van der Waals surface area contributed by atoms with Crippen molar-refractivity contribution < 1.29 is 10.2 Å². The average molecular weight is 216 g/mol. The molecule has 0 amide bonds. The molecule has 0 aliphatic rings. The van der Waals surface area contributed by atoms with Gasteiger partial charge in [-0.1, -0.05) is 24.3 Å². The maximum Gasteiger partial charge on any atom is 0.166 e. The minimum absolute atomic E-state index is 0.0232. The first-order valence-corrected chi connectivity index (χ1v) is 5.47. The summed E-state index contributed by atoms with van der Waals surface area (Å²) >= 11 is 1.57. The lowest BCUT2D eigenvalue weighted by atomic mass is 10.1. The molecule has 1 heterocycles. The van der Waals surface area contributed by atoms with Gasteiger partial charge < -0.3 is 10.2 Å². The highest BCUT2D eigenvalue weighted by Gasteiger charge is 2.12. The highest BCUT2D eigenvalue weighted by Crippen LogP contribution is 2.43. The molecule has 3 aromatic rings. The first-order valence-electron chi connectivity index (χ1n) is 4.59. The minimum Gasteiger partial charge on any atom is -0.504 e. The summed E-state index contributed by atoms with van der Waals surface area (Å²) in [6, 6.07) is 9.36. The van der Waals surface area contributed by atoms with E-state index >= 15 is 0 Å². The van der Waals surface area contributed by atoms with Gasteiger partial charge in [0.15, 0.2) is 11.5 Å². The molecular formula is C12H8O2S. The van der Waals surface area contributed by atoms with Crippen LogP contribution < -0.4 is 0 Å². The smallest absolute Gasteiger partial charge is 0.166 e. The molecule has 2 nitrogen and oxygen atoms in total. The molecule has 74 valence electrons. The van der Waals surface area contributed by atoms with Crippen molar-refractivity contribution in [3.8, 4) is 11.5 Å². The number of rotatable bonds is 0. The van der Waals surface area contributed by atoms with Gasteiger partial charge in [-0.3, -0.25) is 0 Å². The molecule has 0 atom stereocenters. The van der Waals surface area contributed by atoms with E-state index < -0.39 is 0 Å². The van der Waals surface area contributed by atoms with Crippen molar-refractivity contribution in [1.29, 1.82) is 0 Å². The fourth-order valence-electron chi connectivity index (χ4n) is 1.85.